The van der Waals surface area contributed by atoms with Crippen molar-refractivity contribution in [3.05, 3.63) is 194 Å². The maximum Gasteiger partial charge on any atom is 0.164 e. The maximum absolute atomic E-state index is 5.12. The van der Waals surface area contributed by atoms with Gasteiger partial charge in [0.15, 0.2) is 17.5 Å². The van der Waals surface area contributed by atoms with Crippen LogP contribution in [0.4, 0.5) is 0 Å². The Morgan fingerprint density at radius 2 is 0.577 bits per heavy atom. The van der Waals surface area contributed by atoms with E-state index < -0.39 is 0 Å². The van der Waals surface area contributed by atoms with Gasteiger partial charge in [0.05, 0.1) is 11.4 Å². The highest BCUT2D eigenvalue weighted by Crippen LogP contribution is 2.33. The Morgan fingerprint density at radius 1 is 0.212 bits per heavy atom. The zero-order valence-corrected chi connectivity index (χ0v) is 28.3. The van der Waals surface area contributed by atoms with Crippen molar-refractivity contribution in [3.8, 4) is 78.9 Å². The lowest BCUT2D eigenvalue weighted by molar-refractivity contribution is 1.07. The van der Waals surface area contributed by atoms with Crippen LogP contribution in [0, 0.1) is 0 Å². The summed E-state index contributed by atoms with van der Waals surface area (Å²) in [5.41, 5.74) is 11.5. The van der Waals surface area contributed by atoms with Crippen LogP contribution in [-0.4, -0.2) is 19.9 Å². The van der Waals surface area contributed by atoms with Crippen LogP contribution in [-0.2, 0) is 0 Å². The van der Waals surface area contributed by atoms with Gasteiger partial charge in [-0.3, -0.25) is 0 Å². The monoisotopic (exact) mass is 664 g/mol. The highest BCUT2D eigenvalue weighted by atomic mass is 15.0. The van der Waals surface area contributed by atoms with Crippen molar-refractivity contribution in [1.29, 1.82) is 0 Å². The van der Waals surface area contributed by atoms with E-state index in [1.54, 1.807) is 0 Å². The molecule has 0 aliphatic heterocycles. The van der Waals surface area contributed by atoms with Gasteiger partial charge in [0.1, 0.15) is 0 Å². The SMILES string of the molecule is c1ccc(-c2cc(-c3ccccc3)nc(-c3ccc(-c4ccc5ccc(-c6nc(-c7ccccc7)nc(-c7ccccc7)n6)cc5c4)cc3)c2)cc1. The molecular weight excluding hydrogens is 633 g/mol. The smallest absolute Gasteiger partial charge is 0.164 e. The Bertz CT molecular complexity index is 2530. The number of hydrogen-bond donors (Lipinski definition) is 0. The van der Waals surface area contributed by atoms with Crippen LogP contribution in [0.3, 0.4) is 0 Å². The molecule has 0 unspecified atom stereocenters. The molecule has 244 valence electrons. The zero-order chi connectivity index (χ0) is 34.7. The van der Waals surface area contributed by atoms with Gasteiger partial charge in [-0.1, -0.05) is 170 Å². The number of nitrogens with zero attached hydrogens (tertiary/aromatic N) is 4. The van der Waals surface area contributed by atoms with E-state index in [0.29, 0.717) is 17.5 Å². The van der Waals surface area contributed by atoms with E-state index in [1.807, 2.05) is 72.8 Å². The summed E-state index contributed by atoms with van der Waals surface area (Å²) in [5.74, 6) is 1.95. The molecule has 0 radical (unpaired) electrons. The fourth-order valence-corrected chi connectivity index (χ4v) is 6.57. The summed E-state index contributed by atoms with van der Waals surface area (Å²) >= 11 is 0. The lowest BCUT2D eigenvalue weighted by Gasteiger charge is -2.11. The number of rotatable bonds is 7. The normalized spacial score (nSPS) is 11.1. The molecule has 0 fully saturated rings. The third kappa shape index (κ3) is 6.37. The molecule has 0 bridgehead atoms. The molecule has 0 atom stereocenters. The van der Waals surface area contributed by atoms with Crippen LogP contribution in [0.25, 0.3) is 89.7 Å². The molecular formula is C48H32N4. The van der Waals surface area contributed by atoms with E-state index in [-0.39, 0.29) is 0 Å². The van der Waals surface area contributed by atoms with Gasteiger partial charge in [-0.05, 0) is 57.3 Å². The number of fused-ring (bicyclic) bond motifs is 1. The number of pyridine rings is 1. The number of aromatic nitrogens is 4. The van der Waals surface area contributed by atoms with E-state index in [4.69, 9.17) is 19.9 Å². The van der Waals surface area contributed by atoms with E-state index in [1.165, 1.54) is 5.56 Å². The first-order chi connectivity index (χ1) is 25.7. The Hall–Kier alpha value is -7.04. The summed E-state index contributed by atoms with van der Waals surface area (Å²) in [7, 11) is 0. The van der Waals surface area contributed by atoms with Crippen molar-refractivity contribution in [2.24, 2.45) is 0 Å². The lowest BCUT2D eigenvalue weighted by Crippen LogP contribution is -2.00. The Labute approximate surface area is 302 Å². The predicted molar refractivity (Wildman–Crippen MR) is 213 cm³/mol. The highest BCUT2D eigenvalue weighted by molar-refractivity contribution is 5.91. The second kappa shape index (κ2) is 13.7. The van der Waals surface area contributed by atoms with E-state index >= 15 is 0 Å². The maximum atomic E-state index is 5.12. The van der Waals surface area contributed by atoms with Gasteiger partial charge in [0, 0.05) is 27.8 Å². The van der Waals surface area contributed by atoms with E-state index in [2.05, 4.69) is 121 Å². The molecule has 4 heteroatoms. The average Bonchev–Trinajstić information content (AvgIpc) is 3.24. The molecule has 0 saturated carbocycles. The molecule has 0 spiro atoms. The Kier molecular flexibility index (Phi) is 8.16. The third-order valence-corrected chi connectivity index (χ3v) is 9.31. The zero-order valence-electron chi connectivity index (χ0n) is 28.3. The molecule has 52 heavy (non-hydrogen) atoms. The van der Waals surface area contributed by atoms with Gasteiger partial charge in [-0.15, -0.1) is 0 Å². The summed E-state index contributed by atoms with van der Waals surface area (Å²) in [6.07, 6.45) is 0. The molecule has 9 rings (SSSR count). The first kappa shape index (κ1) is 31.0. The fraction of sp³-hybridized carbons (Fsp3) is 0. The molecule has 0 aliphatic carbocycles. The average molecular weight is 665 g/mol. The second-order valence-electron chi connectivity index (χ2n) is 12.8. The van der Waals surface area contributed by atoms with Gasteiger partial charge in [-0.2, -0.15) is 0 Å². The van der Waals surface area contributed by atoms with Gasteiger partial charge in [-0.25, -0.2) is 19.9 Å². The molecule has 0 N–H and O–H groups in total. The molecule has 0 saturated heterocycles. The van der Waals surface area contributed by atoms with Crippen LogP contribution in [0.5, 0.6) is 0 Å². The molecule has 9 aromatic rings. The van der Waals surface area contributed by atoms with E-state index in [0.717, 1.165) is 66.7 Å². The van der Waals surface area contributed by atoms with Crippen LogP contribution >= 0.6 is 0 Å². The fourth-order valence-electron chi connectivity index (χ4n) is 6.57. The summed E-state index contributed by atoms with van der Waals surface area (Å²) in [5, 5.41) is 2.27. The van der Waals surface area contributed by atoms with Crippen LogP contribution in [0.1, 0.15) is 0 Å². The highest BCUT2D eigenvalue weighted by Gasteiger charge is 2.14. The second-order valence-corrected chi connectivity index (χ2v) is 12.8. The van der Waals surface area contributed by atoms with Crippen molar-refractivity contribution >= 4 is 10.8 Å². The van der Waals surface area contributed by atoms with Crippen molar-refractivity contribution in [2.75, 3.05) is 0 Å². The minimum absolute atomic E-state index is 0.643. The lowest BCUT2D eigenvalue weighted by atomic mass is 9.97. The first-order valence-corrected chi connectivity index (χ1v) is 17.4. The summed E-state index contributed by atoms with van der Waals surface area (Å²) in [6.45, 7) is 0. The topological polar surface area (TPSA) is 51.6 Å². The Balaban J connectivity index is 1.07. The van der Waals surface area contributed by atoms with Crippen LogP contribution < -0.4 is 0 Å². The van der Waals surface area contributed by atoms with Crippen LogP contribution in [0.2, 0.25) is 0 Å². The van der Waals surface area contributed by atoms with Crippen molar-refractivity contribution in [3.63, 3.8) is 0 Å². The summed E-state index contributed by atoms with van der Waals surface area (Å²) in [6, 6.07) is 67.1. The Morgan fingerprint density at radius 3 is 1.12 bits per heavy atom. The van der Waals surface area contributed by atoms with Crippen molar-refractivity contribution in [1.82, 2.24) is 19.9 Å². The molecule has 4 nitrogen and oxygen atoms in total. The van der Waals surface area contributed by atoms with E-state index in [9.17, 15) is 0 Å². The van der Waals surface area contributed by atoms with Crippen molar-refractivity contribution in [2.45, 2.75) is 0 Å². The predicted octanol–water partition coefficient (Wildman–Crippen LogP) is 12.1. The van der Waals surface area contributed by atoms with Gasteiger partial charge < -0.3 is 0 Å². The minimum Gasteiger partial charge on any atom is -0.248 e. The molecule has 2 aromatic heterocycles. The summed E-state index contributed by atoms with van der Waals surface area (Å²) < 4.78 is 0. The standard InChI is InChI=1S/C48H32N4/c1-5-13-33(14-6-1)43-31-44(36-15-7-2-8-16-36)49-45(32-43)37-25-21-34(22-26-37)40-27-23-35-24-28-41(30-42(35)29-40)48-51-46(38-17-9-3-10-18-38)50-47(52-48)39-19-11-4-12-20-39/h1-32H. The van der Waals surface area contributed by atoms with Gasteiger partial charge in [0.25, 0.3) is 0 Å². The molecule has 0 amide bonds. The number of benzene rings is 7. The molecule has 7 aromatic carbocycles. The largest absolute Gasteiger partial charge is 0.248 e. The first-order valence-electron chi connectivity index (χ1n) is 17.4. The minimum atomic E-state index is 0.643. The molecule has 2 heterocycles. The third-order valence-electron chi connectivity index (χ3n) is 9.31. The van der Waals surface area contributed by atoms with Crippen molar-refractivity contribution < 1.29 is 0 Å². The summed E-state index contributed by atoms with van der Waals surface area (Å²) in [4.78, 5) is 19.9. The van der Waals surface area contributed by atoms with Gasteiger partial charge in [0.2, 0.25) is 0 Å². The quantitative estimate of drug-likeness (QED) is 0.170. The number of hydrogen-bond acceptors (Lipinski definition) is 4. The van der Waals surface area contributed by atoms with Gasteiger partial charge >= 0.3 is 0 Å². The molecule has 0 aliphatic rings. The van der Waals surface area contributed by atoms with Crippen LogP contribution in [0.15, 0.2) is 194 Å².